The maximum Gasteiger partial charge on any atom is 0.0575 e. The Kier molecular flexibility index (Phi) is 7.54. The van der Waals surface area contributed by atoms with E-state index in [-0.39, 0.29) is 0 Å². The molecule has 232 valence electrons. The number of rotatable bonds is 6. The topological polar surface area (TPSA) is 4.93 Å². The Morgan fingerprint density at radius 1 is 0.417 bits per heavy atom. The van der Waals surface area contributed by atoms with Crippen LogP contribution in [0.15, 0.2) is 158 Å². The van der Waals surface area contributed by atoms with Gasteiger partial charge in [0.2, 0.25) is 0 Å². The highest BCUT2D eigenvalue weighted by Crippen LogP contribution is 2.40. The third-order valence-corrected chi connectivity index (χ3v) is 9.81. The van der Waals surface area contributed by atoms with Crippen LogP contribution in [0.2, 0.25) is 0 Å². The third-order valence-electron chi connectivity index (χ3n) is 9.81. The van der Waals surface area contributed by atoms with E-state index < -0.39 is 0 Å². The van der Waals surface area contributed by atoms with Crippen molar-refractivity contribution < 1.29 is 0 Å². The minimum Gasteiger partial charge on any atom is -0.309 e. The molecule has 7 aromatic carbocycles. The fourth-order valence-corrected chi connectivity index (χ4v) is 7.47. The number of benzene rings is 7. The van der Waals surface area contributed by atoms with Gasteiger partial charge < -0.3 is 4.57 Å². The Balaban J connectivity index is 1.27. The van der Waals surface area contributed by atoms with Crippen LogP contribution in [0.1, 0.15) is 36.5 Å². The van der Waals surface area contributed by atoms with Crippen LogP contribution in [0.5, 0.6) is 0 Å². The molecule has 0 radical (unpaired) electrons. The fraction of sp³-hybridized carbons (Fsp3) is 0.106. The standard InChI is InChI=1S/C47H39N/c1-31(2)42-23-12-24-43-44-30-40(46-32(3)13-8-14-33(46)4)25-26-45(44)48(47(42)43)41-22-11-21-39(29-41)38-20-10-19-37(28-38)36-18-9-17-35(27-36)34-15-6-5-7-16-34/h5-31H,1-4H3. The van der Waals surface area contributed by atoms with Crippen molar-refractivity contribution >= 4 is 21.8 Å². The molecule has 0 aliphatic carbocycles. The van der Waals surface area contributed by atoms with E-state index in [1.807, 2.05) is 0 Å². The normalized spacial score (nSPS) is 11.5. The van der Waals surface area contributed by atoms with E-state index in [0.717, 1.165) is 0 Å². The van der Waals surface area contributed by atoms with Crippen LogP contribution in [0.4, 0.5) is 0 Å². The van der Waals surface area contributed by atoms with Gasteiger partial charge in [-0.2, -0.15) is 0 Å². The lowest BCUT2D eigenvalue weighted by Gasteiger charge is -2.15. The van der Waals surface area contributed by atoms with Crippen molar-refractivity contribution in [2.75, 3.05) is 0 Å². The van der Waals surface area contributed by atoms with Crippen molar-refractivity contribution in [2.24, 2.45) is 0 Å². The molecule has 1 heterocycles. The molecule has 0 bridgehead atoms. The summed E-state index contributed by atoms with van der Waals surface area (Å²) in [6.07, 6.45) is 0. The quantitative estimate of drug-likeness (QED) is 0.175. The van der Waals surface area contributed by atoms with Crippen molar-refractivity contribution in [1.29, 1.82) is 0 Å². The molecule has 0 spiro atoms. The maximum absolute atomic E-state index is 2.49. The van der Waals surface area contributed by atoms with Gasteiger partial charge in [0.15, 0.2) is 0 Å². The van der Waals surface area contributed by atoms with Crippen LogP contribution in [-0.2, 0) is 0 Å². The van der Waals surface area contributed by atoms with Crippen molar-refractivity contribution in [1.82, 2.24) is 4.57 Å². The van der Waals surface area contributed by atoms with Crippen molar-refractivity contribution in [2.45, 2.75) is 33.6 Å². The fourth-order valence-electron chi connectivity index (χ4n) is 7.47. The first-order valence-corrected chi connectivity index (χ1v) is 17.0. The van der Waals surface area contributed by atoms with E-state index in [1.54, 1.807) is 0 Å². The van der Waals surface area contributed by atoms with Gasteiger partial charge in [-0.05, 0) is 117 Å². The molecule has 0 atom stereocenters. The highest BCUT2D eigenvalue weighted by atomic mass is 15.0. The highest BCUT2D eigenvalue weighted by molar-refractivity contribution is 6.11. The van der Waals surface area contributed by atoms with Crippen molar-refractivity contribution in [3.63, 3.8) is 0 Å². The van der Waals surface area contributed by atoms with E-state index in [1.165, 1.54) is 88.7 Å². The van der Waals surface area contributed by atoms with Crippen LogP contribution in [0.25, 0.3) is 72.0 Å². The van der Waals surface area contributed by atoms with Gasteiger partial charge in [0.1, 0.15) is 0 Å². The van der Waals surface area contributed by atoms with Gasteiger partial charge in [-0.15, -0.1) is 0 Å². The molecule has 1 heteroatoms. The average molecular weight is 618 g/mol. The second-order valence-corrected chi connectivity index (χ2v) is 13.3. The van der Waals surface area contributed by atoms with Crippen molar-refractivity contribution in [3.05, 3.63) is 174 Å². The van der Waals surface area contributed by atoms with Gasteiger partial charge in [0, 0.05) is 16.5 Å². The summed E-state index contributed by atoms with van der Waals surface area (Å²) >= 11 is 0. The van der Waals surface area contributed by atoms with Gasteiger partial charge in [-0.1, -0.05) is 135 Å². The monoisotopic (exact) mass is 617 g/mol. The molecular weight excluding hydrogens is 579 g/mol. The number of aromatic nitrogens is 1. The van der Waals surface area contributed by atoms with Crippen LogP contribution < -0.4 is 0 Å². The molecule has 1 aromatic heterocycles. The Bertz CT molecular complexity index is 2420. The van der Waals surface area contributed by atoms with Crippen LogP contribution in [0.3, 0.4) is 0 Å². The smallest absolute Gasteiger partial charge is 0.0575 e. The summed E-state index contributed by atoms with van der Waals surface area (Å²) < 4.78 is 2.49. The summed E-state index contributed by atoms with van der Waals surface area (Å²) in [5.41, 5.74) is 17.6. The molecule has 0 saturated heterocycles. The number of nitrogens with zero attached hydrogens (tertiary/aromatic N) is 1. The molecule has 8 rings (SSSR count). The van der Waals surface area contributed by atoms with Crippen LogP contribution in [0, 0.1) is 13.8 Å². The zero-order valence-electron chi connectivity index (χ0n) is 28.0. The molecular formula is C47H39N. The summed E-state index contributed by atoms with van der Waals surface area (Å²) in [4.78, 5) is 0. The first-order chi connectivity index (χ1) is 23.5. The summed E-state index contributed by atoms with van der Waals surface area (Å²) in [5, 5.41) is 2.59. The van der Waals surface area contributed by atoms with E-state index in [0.29, 0.717) is 5.92 Å². The lowest BCUT2D eigenvalue weighted by Crippen LogP contribution is -1.99. The molecule has 0 N–H and O–H groups in total. The molecule has 0 amide bonds. The summed E-state index contributed by atoms with van der Waals surface area (Å²) in [7, 11) is 0. The van der Waals surface area contributed by atoms with Crippen molar-refractivity contribution in [3.8, 4) is 50.2 Å². The maximum atomic E-state index is 2.49. The Hall–Kier alpha value is -5.66. The first kappa shape index (κ1) is 29.7. The second-order valence-electron chi connectivity index (χ2n) is 13.3. The number of aryl methyl sites for hydroxylation is 2. The SMILES string of the molecule is Cc1cccc(C)c1-c1ccc2c(c1)c1cccc(C(C)C)c1n2-c1cccc(-c2cccc(-c3cccc(-c4ccccc4)c3)c2)c1. The van der Waals surface area contributed by atoms with Gasteiger partial charge >= 0.3 is 0 Å². The molecule has 48 heavy (non-hydrogen) atoms. The number of para-hydroxylation sites is 1. The molecule has 0 saturated carbocycles. The van der Waals surface area contributed by atoms with Crippen LogP contribution in [-0.4, -0.2) is 4.57 Å². The predicted molar refractivity (Wildman–Crippen MR) is 206 cm³/mol. The van der Waals surface area contributed by atoms with Gasteiger partial charge in [-0.3, -0.25) is 0 Å². The first-order valence-electron chi connectivity index (χ1n) is 17.0. The largest absolute Gasteiger partial charge is 0.309 e. The van der Waals surface area contributed by atoms with E-state index in [4.69, 9.17) is 0 Å². The molecule has 1 nitrogen and oxygen atoms in total. The zero-order valence-corrected chi connectivity index (χ0v) is 28.0. The number of hydrogen-bond acceptors (Lipinski definition) is 0. The summed E-state index contributed by atoms with van der Waals surface area (Å²) in [6, 6.07) is 57.9. The molecule has 0 fully saturated rings. The van der Waals surface area contributed by atoms with Gasteiger partial charge in [0.25, 0.3) is 0 Å². The van der Waals surface area contributed by atoms with Crippen LogP contribution >= 0.6 is 0 Å². The van der Waals surface area contributed by atoms with Gasteiger partial charge in [-0.25, -0.2) is 0 Å². The lowest BCUT2D eigenvalue weighted by atomic mass is 9.94. The zero-order chi connectivity index (χ0) is 32.8. The number of hydrogen-bond donors (Lipinski definition) is 0. The third kappa shape index (κ3) is 5.22. The average Bonchev–Trinajstić information content (AvgIpc) is 3.46. The Labute approximate surface area is 283 Å². The molecule has 0 unspecified atom stereocenters. The van der Waals surface area contributed by atoms with E-state index in [2.05, 4.69) is 190 Å². The summed E-state index contributed by atoms with van der Waals surface area (Å²) in [6.45, 7) is 9.03. The minimum absolute atomic E-state index is 0.390. The lowest BCUT2D eigenvalue weighted by molar-refractivity contribution is 0.870. The molecule has 0 aliphatic rings. The van der Waals surface area contributed by atoms with E-state index >= 15 is 0 Å². The minimum atomic E-state index is 0.390. The Morgan fingerprint density at radius 3 is 1.60 bits per heavy atom. The predicted octanol–water partition coefficient (Wildman–Crippen LogP) is 13.2. The number of fused-ring (bicyclic) bond motifs is 3. The molecule has 8 aromatic rings. The van der Waals surface area contributed by atoms with E-state index in [9.17, 15) is 0 Å². The Morgan fingerprint density at radius 2 is 0.958 bits per heavy atom. The highest BCUT2D eigenvalue weighted by Gasteiger charge is 2.19. The summed E-state index contributed by atoms with van der Waals surface area (Å²) in [5.74, 6) is 0.390. The second kappa shape index (κ2) is 12.2. The van der Waals surface area contributed by atoms with Gasteiger partial charge in [0.05, 0.1) is 11.0 Å². The molecule has 0 aliphatic heterocycles.